The first-order valence-corrected chi connectivity index (χ1v) is 8.87. The molecule has 1 aliphatic heterocycles. The van der Waals surface area contributed by atoms with Gasteiger partial charge in [0.05, 0.1) is 5.52 Å². The lowest BCUT2D eigenvalue weighted by molar-refractivity contribution is 0.0951. The van der Waals surface area contributed by atoms with Gasteiger partial charge in [0.15, 0.2) is 0 Å². The monoisotopic (exact) mass is 346 g/mol. The molecule has 0 fully saturated rings. The second kappa shape index (κ2) is 6.68. The zero-order valence-corrected chi connectivity index (χ0v) is 14.6. The summed E-state index contributed by atoms with van der Waals surface area (Å²) in [5.74, 6) is 5.91. The van der Waals surface area contributed by atoms with E-state index in [0.29, 0.717) is 12.2 Å². The molecule has 0 atom stereocenters. The van der Waals surface area contributed by atoms with Crippen LogP contribution in [-0.2, 0) is 6.54 Å². The molecule has 0 saturated carbocycles. The summed E-state index contributed by atoms with van der Waals surface area (Å²) in [5, 5.41) is 3.89. The number of fused-ring (bicyclic) bond motifs is 3. The molecule has 3 nitrogen and oxygen atoms in total. The highest BCUT2D eigenvalue weighted by molar-refractivity contribution is 6.04. The fourth-order valence-corrected chi connectivity index (χ4v) is 3.50. The van der Waals surface area contributed by atoms with Crippen molar-refractivity contribution in [2.75, 3.05) is 6.54 Å². The van der Waals surface area contributed by atoms with Crippen LogP contribution in [-0.4, -0.2) is 17.0 Å². The van der Waals surface area contributed by atoms with E-state index in [4.69, 9.17) is 0 Å². The molecule has 0 radical (unpaired) electrons. The summed E-state index contributed by atoms with van der Waals surface area (Å²) in [7, 11) is 0. The van der Waals surface area contributed by atoms with Crippen molar-refractivity contribution >= 4 is 16.8 Å². The highest BCUT2D eigenvalue weighted by atomic mass is 19.1. The third kappa shape index (κ3) is 2.86. The van der Waals surface area contributed by atoms with Crippen LogP contribution < -0.4 is 5.32 Å². The molecule has 4 heteroatoms. The third-order valence-electron chi connectivity index (χ3n) is 4.61. The summed E-state index contributed by atoms with van der Waals surface area (Å²) < 4.78 is 15.9. The number of aryl methyl sites for hydroxylation is 1. The molecular weight excluding hydrogens is 327 g/mol. The van der Waals surface area contributed by atoms with Crippen molar-refractivity contribution in [3.63, 3.8) is 0 Å². The van der Waals surface area contributed by atoms with E-state index in [1.165, 1.54) is 12.1 Å². The Hall–Kier alpha value is -3.06. The molecule has 1 amide bonds. The molecule has 0 aliphatic carbocycles. The number of nitrogens with one attached hydrogen (secondary N) is 1. The molecule has 130 valence electrons. The van der Waals surface area contributed by atoms with Gasteiger partial charge in [-0.15, -0.1) is 0 Å². The Bertz CT molecular complexity index is 1070. The summed E-state index contributed by atoms with van der Waals surface area (Å²) >= 11 is 0. The molecule has 1 N–H and O–H groups in total. The van der Waals surface area contributed by atoms with Crippen molar-refractivity contribution in [2.45, 2.75) is 26.3 Å². The number of nitrogens with zero attached hydrogens (tertiary/aromatic N) is 1. The van der Waals surface area contributed by atoms with Crippen molar-refractivity contribution < 1.29 is 9.18 Å². The minimum absolute atomic E-state index is 0.0647. The van der Waals surface area contributed by atoms with Crippen LogP contribution in [0.25, 0.3) is 22.0 Å². The number of carbonyl (C=O) groups is 1. The Kier molecular flexibility index (Phi) is 4.22. The van der Waals surface area contributed by atoms with E-state index in [9.17, 15) is 9.18 Å². The maximum absolute atomic E-state index is 13.8. The van der Waals surface area contributed by atoms with Gasteiger partial charge in [0, 0.05) is 36.0 Å². The zero-order valence-electron chi connectivity index (χ0n) is 14.6. The molecule has 3 aromatic rings. The van der Waals surface area contributed by atoms with E-state index in [1.54, 1.807) is 6.07 Å². The smallest absolute Gasteiger partial charge is 0.267 e. The molecular formula is C22H19FN2O. The van der Waals surface area contributed by atoms with Crippen LogP contribution in [0, 0.1) is 17.7 Å². The minimum Gasteiger partial charge on any atom is -0.351 e. The van der Waals surface area contributed by atoms with E-state index in [2.05, 4.69) is 21.7 Å². The van der Waals surface area contributed by atoms with Gasteiger partial charge in [-0.2, -0.15) is 0 Å². The predicted octanol–water partition coefficient (Wildman–Crippen LogP) is 4.34. The number of hydrogen-bond acceptors (Lipinski definition) is 1. The lowest BCUT2D eigenvalue weighted by atomic mass is 9.99. The predicted molar refractivity (Wildman–Crippen MR) is 101 cm³/mol. The standard InChI is InChI=1S/C22H19FN2O/c1-2-3-6-15-11-17-14-20-22(26)24-9-5-10-25(20)21(17)19(12-15)16-7-4-8-18(23)13-16/h4,7-8,11-14H,2,5,9-10H2,1H3,(H,24,26). The zero-order chi connectivity index (χ0) is 18.1. The van der Waals surface area contributed by atoms with E-state index in [0.717, 1.165) is 47.0 Å². The van der Waals surface area contributed by atoms with Crippen molar-refractivity contribution in [1.82, 2.24) is 9.88 Å². The molecule has 0 spiro atoms. The number of hydrogen-bond donors (Lipinski definition) is 1. The number of halogens is 1. The molecule has 0 bridgehead atoms. The highest BCUT2D eigenvalue weighted by Crippen LogP contribution is 2.33. The van der Waals surface area contributed by atoms with Crippen LogP contribution in [0.1, 0.15) is 35.8 Å². The van der Waals surface area contributed by atoms with Gasteiger partial charge in [0.1, 0.15) is 11.5 Å². The number of aromatic nitrogens is 1. The molecule has 2 aromatic carbocycles. The van der Waals surface area contributed by atoms with Crippen molar-refractivity contribution in [3.8, 4) is 23.0 Å². The Labute approximate surface area is 151 Å². The normalized spacial score (nSPS) is 13.5. The molecule has 0 unspecified atom stereocenters. The van der Waals surface area contributed by atoms with Gasteiger partial charge in [0.25, 0.3) is 5.91 Å². The Morgan fingerprint density at radius 3 is 2.92 bits per heavy atom. The minimum atomic E-state index is -0.277. The maximum atomic E-state index is 13.8. The Morgan fingerprint density at radius 2 is 2.12 bits per heavy atom. The third-order valence-corrected chi connectivity index (χ3v) is 4.61. The van der Waals surface area contributed by atoms with Gasteiger partial charge in [-0.05, 0) is 42.3 Å². The first-order chi connectivity index (χ1) is 12.7. The lowest BCUT2D eigenvalue weighted by Crippen LogP contribution is -2.22. The van der Waals surface area contributed by atoms with E-state index in [1.807, 2.05) is 31.2 Å². The fourth-order valence-electron chi connectivity index (χ4n) is 3.50. The lowest BCUT2D eigenvalue weighted by Gasteiger charge is -2.11. The topological polar surface area (TPSA) is 34.0 Å². The first-order valence-electron chi connectivity index (χ1n) is 8.87. The molecule has 4 rings (SSSR count). The molecule has 0 saturated heterocycles. The van der Waals surface area contributed by atoms with E-state index < -0.39 is 0 Å². The first kappa shape index (κ1) is 16.4. The summed E-state index contributed by atoms with van der Waals surface area (Å²) in [5.41, 5.74) is 4.18. The van der Waals surface area contributed by atoms with Crippen LogP contribution in [0.2, 0.25) is 0 Å². The van der Waals surface area contributed by atoms with Gasteiger partial charge in [-0.25, -0.2) is 4.39 Å². The summed E-state index contributed by atoms with van der Waals surface area (Å²) in [6.45, 7) is 3.42. The van der Waals surface area contributed by atoms with E-state index >= 15 is 0 Å². The van der Waals surface area contributed by atoms with Crippen LogP contribution >= 0.6 is 0 Å². The van der Waals surface area contributed by atoms with Crippen molar-refractivity contribution in [2.24, 2.45) is 0 Å². The number of amides is 1. The second-order valence-electron chi connectivity index (χ2n) is 6.42. The SMILES string of the molecule is CCC#Cc1cc(-c2cccc(F)c2)c2c(c1)cc1n2CCCNC1=O. The molecule has 2 heterocycles. The largest absolute Gasteiger partial charge is 0.351 e. The summed E-state index contributed by atoms with van der Waals surface area (Å²) in [4.78, 5) is 12.4. The quantitative estimate of drug-likeness (QED) is 0.653. The highest BCUT2D eigenvalue weighted by Gasteiger charge is 2.21. The maximum Gasteiger partial charge on any atom is 0.267 e. The second-order valence-corrected chi connectivity index (χ2v) is 6.42. The van der Waals surface area contributed by atoms with Gasteiger partial charge in [-0.1, -0.05) is 30.9 Å². The van der Waals surface area contributed by atoms with Crippen LogP contribution in [0.5, 0.6) is 0 Å². The average molecular weight is 346 g/mol. The van der Waals surface area contributed by atoms with Gasteiger partial charge >= 0.3 is 0 Å². The molecule has 26 heavy (non-hydrogen) atoms. The van der Waals surface area contributed by atoms with Crippen molar-refractivity contribution in [1.29, 1.82) is 0 Å². The van der Waals surface area contributed by atoms with Crippen LogP contribution in [0.15, 0.2) is 42.5 Å². The number of benzene rings is 2. The Morgan fingerprint density at radius 1 is 1.23 bits per heavy atom. The van der Waals surface area contributed by atoms with Crippen LogP contribution in [0.3, 0.4) is 0 Å². The molecule has 1 aromatic heterocycles. The van der Waals surface area contributed by atoms with Gasteiger partial charge in [0.2, 0.25) is 0 Å². The van der Waals surface area contributed by atoms with Crippen molar-refractivity contribution in [3.05, 3.63) is 59.5 Å². The Balaban J connectivity index is 2.04. The average Bonchev–Trinajstić information content (AvgIpc) is 2.91. The van der Waals surface area contributed by atoms with Crippen LogP contribution in [0.4, 0.5) is 4.39 Å². The van der Waals surface area contributed by atoms with Gasteiger partial charge < -0.3 is 9.88 Å². The summed E-state index contributed by atoms with van der Waals surface area (Å²) in [6, 6.07) is 12.5. The van der Waals surface area contributed by atoms with E-state index in [-0.39, 0.29) is 11.7 Å². The summed E-state index contributed by atoms with van der Waals surface area (Å²) in [6.07, 6.45) is 1.63. The van der Waals surface area contributed by atoms with Gasteiger partial charge in [-0.3, -0.25) is 4.79 Å². The fraction of sp³-hybridized carbons (Fsp3) is 0.227. The number of carbonyl (C=O) groups excluding carboxylic acids is 1. The number of rotatable bonds is 1. The molecule has 1 aliphatic rings.